The number of benzene rings is 1. The van der Waals surface area contributed by atoms with Gasteiger partial charge in [-0.2, -0.15) is 11.3 Å². The average molecular weight is 263 g/mol. The monoisotopic (exact) mass is 263 g/mol. The number of rotatable bonds is 4. The van der Waals surface area contributed by atoms with E-state index in [-0.39, 0.29) is 11.7 Å². The van der Waals surface area contributed by atoms with Gasteiger partial charge >= 0.3 is 0 Å². The van der Waals surface area contributed by atoms with E-state index in [2.05, 4.69) is 10.7 Å². The summed E-state index contributed by atoms with van der Waals surface area (Å²) >= 11 is 1.64. The van der Waals surface area contributed by atoms with Crippen LogP contribution in [0.2, 0.25) is 0 Å². The molecule has 0 unspecified atom stereocenters. The second kappa shape index (κ2) is 5.78. The zero-order valence-electron chi connectivity index (χ0n) is 10.1. The van der Waals surface area contributed by atoms with Crippen molar-refractivity contribution in [1.29, 1.82) is 0 Å². The lowest BCUT2D eigenvalue weighted by atomic mass is 10.1. The Kier molecular flexibility index (Phi) is 4.10. The van der Waals surface area contributed by atoms with E-state index in [1.54, 1.807) is 24.3 Å². The Morgan fingerprint density at radius 3 is 2.89 bits per heavy atom. The molecule has 1 N–H and O–H groups in total. The molecule has 18 heavy (non-hydrogen) atoms. The summed E-state index contributed by atoms with van der Waals surface area (Å²) in [5.74, 6) is -0.446. The highest BCUT2D eigenvalue weighted by atomic mass is 32.1. The number of thiophene rings is 1. The summed E-state index contributed by atoms with van der Waals surface area (Å²) in [6.45, 7) is 2.24. The van der Waals surface area contributed by atoms with E-state index in [9.17, 15) is 9.18 Å². The fourth-order valence-electron chi connectivity index (χ4n) is 1.64. The fourth-order valence-corrected chi connectivity index (χ4v) is 2.35. The lowest BCUT2D eigenvalue weighted by molar-refractivity contribution is 0.0954. The van der Waals surface area contributed by atoms with E-state index in [4.69, 9.17) is 0 Å². The third-order valence-electron chi connectivity index (χ3n) is 2.70. The van der Waals surface area contributed by atoms with E-state index < -0.39 is 0 Å². The molecular formula is C14H14FNOS. The van der Waals surface area contributed by atoms with Gasteiger partial charge in [0.1, 0.15) is 5.82 Å². The molecule has 0 atom stereocenters. The molecule has 2 rings (SSSR count). The molecule has 0 aliphatic heterocycles. The number of hydrogen-bond acceptors (Lipinski definition) is 2. The molecular weight excluding hydrogens is 249 g/mol. The Labute approximate surface area is 109 Å². The van der Waals surface area contributed by atoms with Crippen molar-refractivity contribution in [2.24, 2.45) is 0 Å². The summed E-state index contributed by atoms with van der Waals surface area (Å²) in [6.07, 6.45) is 0.815. The van der Waals surface area contributed by atoms with Crippen molar-refractivity contribution in [3.05, 3.63) is 57.5 Å². The Hall–Kier alpha value is -1.68. The predicted octanol–water partition coefficient (Wildman–Crippen LogP) is 3.17. The van der Waals surface area contributed by atoms with Gasteiger partial charge in [0.15, 0.2) is 0 Å². The SMILES string of the molecule is Cc1cc(C(=O)NCCc2ccsc2)ccc1F. The Balaban J connectivity index is 1.89. The van der Waals surface area contributed by atoms with Crippen LogP contribution in [0.5, 0.6) is 0 Å². The van der Waals surface area contributed by atoms with E-state index >= 15 is 0 Å². The maximum absolute atomic E-state index is 13.1. The fraction of sp³-hybridized carbons (Fsp3) is 0.214. The summed E-state index contributed by atoms with van der Waals surface area (Å²) in [7, 11) is 0. The van der Waals surface area contributed by atoms with E-state index in [0.29, 0.717) is 17.7 Å². The van der Waals surface area contributed by atoms with Crippen molar-refractivity contribution < 1.29 is 9.18 Å². The molecule has 1 amide bonds. The highest BCUT2D eigenvalue weighted by molar-refractivity contribution is 7.07. The highest BCUT2D eigenvalue weighted by Gasteiger charge is 2.07. The molecule has 94 valence electrons. The molecule has 4 heteroatoms. The molecule has 1 heterocycles. The molecule has 0 saturated carbocycles. The first-order valence-corrected chi connectivity index (χ1v) is 6.66. The minimum atomic E-state index is -0.287. The van der Waals surface area contributed by atoms with Crippen LogP contribution in [0.4, 0.5) is 4.39 Å². The molecule has 0 saturated heterocycles. The first-order chi connectivity index (χ1) is 8.66. The van der Waals surface area contributed by atoms with Gasteiger partial charge in [-0.1, -0.05) is 0 Å². The van der Waals surface area contributed by atoms with Crippen LogP contribution >= 0.6 is 11.3 Å². The van der Waals surface area contributed by atoms with Gasteiger partial charge in [-0.15, -0.1) is 0 Å². The zero-order valence-corrected chi connectivity index (χ0v) is 10.9. The van der Waals surface area contributed by atoms with Crippen LogP contribution in [0, 0.1) is 12.7 Å². The number of carbonyl (C=O) groups is 1. The maximum Gasteiger partial charge on any atom is 0.251 e. The van der Waals surface area contributed by atoms with Gasteiger partial charge in [0.2, 0.25) is 0 Å². The van der Waals surface area contributed by atoms with Crippen LogP contribution < -0.4 is 5.32 Å². The molecule has 1 aromatic carbocycles. The third-order valence-corrected chi connectivity index (χ3v) is 3.43. The molecule has 0 fully saturated rings. The van der Waals surface area contributed by atoms with E-state index in [1.807, 2.05) is 11.4 Å². The largest absolute Gasteiger partial charge is 0.352 e. The molecule has 0 aliphatic carbocycles. The van der Waals surface area contributed by atoms with Crippen LogP contribution in [0.15, 0.2) is 35.0 Å². The van der Waals surface area contributed by atoms with Crippen molar-refractivity contribution in [3.63, 3.8) is 0 Å². The normalized spacial score (nSPS) is 10.3. The van der Waals surface area contributed by atoms with Crippen molar-refractivity contribution in [2.75, 3.05) is 6.54 Å². The predicted molar refractivity (Wildman–Crippen MR) is 71.5 cm³/mol. The molecule has 0 spiro atoms. The summed E-state index contributed by atoms with van der Waals surface area (Å²) in [5.41, 5.74) is 2.20. The average Bonchev–Trinajstić information content (AvgIpc) is 2.85. The van der Waals surface area contributed by atoms with Crippen molar-refractivity contribution in [1.82, 2.24) is 5.32 Å². The molecule has 0 aliphatic rings. The van der Waals surface area contributed by atoms with Crippen molar-refractivity contribution in [2.45, 2.75) is 13.3 Å². The van der Waals surface area contributed by atoms with E-state index in [1.165, 1.54) is 17.7 Å². The number of amides is 1. The molecule has 0 bridgehead atoms. The minimum absolute atomic E-state index is 0.159. The number of halogens is 1. The lowest BCUT2D eigenvalue weighted by Crippen LogP contribution is -2.25. The molecule has 0 radical (unpaired) electrons. The number of nitrogens with one attached hydrogen (secondary N) is 1. The standard InChI is InChI=1S/C14H14FNOS/c1-10-8-12(2-3-13(10)15)14(17)16-6-4-11-5-7-18-9-11/h2-3,5,7-9H,4,6H2,1H3,(H,16,17). The van der Waals surface area contributed by atoms with Crippen LogP contribution in [0.3, 0.4) is 0 Å². The zero-order chi connectivity index (χ0) is 13.0. The first-order valence-electron chi connectivity index (χ1n) is 5.72. The van der Waals surface area contributed by atoms with Gasteiger partial charge in [-0.3, -0.25) is 4.79 Å². The smallest absolute Gasteiger partial charge is 0.251 e. The number of hydrogen-bond donors (Lipinski definition) is 1. The second-order valence-electron chi connectivity index (χ2n) is 4.10. The van der Waals surface area contributed by atoms with Crippen molar-refractivity contribution >= 4 is 17.2 Å². The van der Waals surface area contributed by atoms with Gasteiger partial charge in [0.05, 0.1) is 0 Å². The van der Waals surface area contributed by atoms with Crippen LogP contribution in [-0.4, -0.2) is 12.5 Å². The van der Waals surface area contributed by atoms with Crippen LogP contribution in [-0.2, 0) is 6.42 Å². The van der Waals surface area contributed by atoms with Gasteiger partial charge in [-0.05, 0) is 59.5 Å². The Morgan fingerprint density at radius 2 is 2.22 bits per heavy atom. The molecule has 2 nitrogen and oxygen atoms in total. The maximum atomic E-state index is 13.1. The summed E-state index contributed by atoms with van der Waals surface area (Å²) in [5, 5.41) is 6.91. The van der Waals surface area contributed by atoms with Gasteiger partial charge in [0.25, 0.3) is 5.91 Å². The van der Waals surface area contributed by atoms with Gasteiger partial charge < -0.3 is 5.32 Å². The van der Waals surface area contributed by atoms with Gasteiger partial charge in [-0.25, -0.2) is 4.39 Å². The van der Waals surface area contributed by atoms with E-state index in [0.717, 1.165) is 6.42 Å². The topological polar surface area (TPSA) is 29.1 Å². The third kappa shape index (κ3) is 3.17. The summed E-state index contributed by atoms with van der Waals surface area (Å²) < 4.78 is 13.1. The molecule has 2 aromatic rings. The summed E-state index contributed by atoms with van der Waals surface area (Å²) in [4.78, 5) is 11.8. The highest BCUT2D eigenvalue weighted by Crippen LogP contribution is 2.09. The van der Waals surface area contributed by atoms with Crippen molar-refractivity contribution in [3.8, 4) is 0 Å². The van der Waals surface area contributed by atoms with Gasteiger partial charge in [0, 0.05) is 12.1 Å². The first kappa shape index (κ1) is 12.8. The number of carbonyl (C=O) groups excluding carboxylic acids is 1. The van der Waals surface area contributed by atoms with Crippen LogP contribution in [0.1, 0.15) is 21.5 Å². The quantitative estimate of drug-likeness (QED) is 0.902. The Bertz CT molecular complexity index is 537. The summed E-state index contributed by atoms with van der Waals surface area (Å²) in [6, 6.07) is 6.43. The molecule has 1 aromatic heterocycles. The lowest BCUT2D eigenvalue weighted by Gasteiger charge is -2.05. The second-order valence-corrected chi connectivity index (χ2v) is 4.88. The minimum Gasteiger partial charge on any atom is -0.352 e. The van der Waals surface area contributed by atoms with Crippen LogP contribution in [0.25, 0.3) is 0 Å². The number of aryl methyl sites for hydroxylation is 1. The Morgan fingerprint density at radius 1 is 1.39 bits per heavy atom.